The SMILES string of the molecule is CC(=O)[C@@H](Cc1ccccc1)NC(=O)NCc1ccc(C2O[C@H](CN3CC[C@@H](O)C3)[C@H](C)[C@H](c3ccc(CO)cc3)O2)cc1. The second kappa shape index (κ2) is 14.9. The van der Waals surface area contributed by atoms with Crippen LogP contribution in [0.25, 0.3) is 0 Å². The van der Waals surface area contributed by atoms with E-state index in [1.54, 1.807) is 0 Å². The second-order valence-corrected chi connectivity index (χ2v) is 11.9. The number of hydrogen-bond acceptors (Lipinski definition) is 7. The van der Waals surface area contributed by atoms with Gasteiger partial charge in [0.15, 0.2) is 12.1 Å². The van der Waals surface area contributed by atoms with Crippen molar-refractivity contribution in [2.45, 2.75) is 70.5 Å². The number of rotatable bonds is 11. The molecule has 9 heteroatoms. The molecule has 0 aliphatic carbocycles. The number of β-amino-alcohol motifs (C(OH)–C–C–N with tert-alkyl or cyclic N) is 1. The minimum Gasteiger partial charge on any atom is -0.392 e. The van der Waals surface area contributed by atoms with Gasteiger partial charge in [-0.25, -0.2) is 4.79 Å². The van der Waals surface area contributed by atoms with Crippen LogP contribution in [0, 0.1) is 5.92 Å². The molecule has 4 N–H and O–H groups in total. The van der Waals surface area contributed by atoms with E-state index in [2.05, 4.69) is 22.5 Å². The highest BCUT2D eigenvalue weighted by Gasteiger charge is 2.39. The molecular formula is C35H43N3O6. The Kier molecular flexibility index (Phi) is 10.8. The predicted molar refractivity (Wildman–Crippen MR) is 166 cm³/mol. The number of benzene rings is 3. The third-order valence-electron chi connectivity index (χ3n) is 8.59. The minimum absolute atomic E-state index is 0.0130. The van der Waals surface area contributed by atoms with Gasteiger partial charge in [-0.05, 0) is 42.0 Å². The molecule has 0 spiro atoms. The normalized spacial score (nSPS) is 24.5. The van der Waals surface area contributed by atoms with Crippen molar-refractivity contribution < 1.29 is 29.3 Å². The van der Waals surface area contributed by atoms with Crippen molar-refractivity contribution in [1.82, 2.24) is 15.5 Å². The summed E-state index contributed by atoms with van der Waals surface area (Å²) in [4.78, 5) is 27.0. The summed E-state index contributed by atoms with van der Waals surface area (Å²) in [6.07, 6.45) is -0.0206. The lowest BCUT2D eigenvalue weighted by molar-refractivity contribution is -0.276. The summed E-state index contributed by atoms with van der Waals surface area (Å²) >= 11 is 0. The van der Waals surface area contributed by atoms with Gasteiger partial charge in [-0.3, -0.25) is 9.69 Å². The molecule has 3 aromatic carbocycles. The Morgan fingerprint density at radius 3 is 2.25 bits per heavy atom. The number of ketones is 1. The van der Waals surface area contributed by atoms with Crippen molar-refractivity contribution in [3.05, 3.63) is 107 Å². The summed E-state index contributed by atoms with van der Waals surface area (Å²) in [6, 6.07) is 24.2. The molecule has 1 unspecified atom stereocenters. The molecule has 234 valence electrons. The van der Waals surface area contributed by atoms with Gasteiger partial charge in [-0.15, -0.1) is 0 Å². The number of nitrogens with one attached hydrogen (secondary N) is 2. The Balaban J connectivity index is 1.22. The molecule has 0 saturated carbocycles. The van der Waals surface area contributed by atoms with Gasteiger partial charge < -0.3 is 30.3 Å². The highest BCUT2D eigenvalue weighted by atomic mass is 16.7. The second-order valence-electron chi connectivity index (χ2n) is 11.9. The summed E-state index contributed by atoms with van der Waals surface area (Å²) in [5.74, 6) is -0.0383. The first kappa shape index (κ1) is 31.8. The van der Waals surface area contributed by atoms with E-state index in [1.807, 2.05) is 78.9 Å². The number of amides is 2. The number of carbonyl (C=O) groups excluding carboxylic acids is 2. The van der Waals surface area contributed by atoms with Crippen molar-refractivity contribution in [1.29, 1.82) is 0 Å². The molecule has 0 aromatic heterocycles. The van der Waals surface area contributed by atoms with Gasteiger partial charge in [0.1, 0.15) is 0 Å². The first-order chi connectivity index (χ1) is 21.3. The van der Waals surface area contributed by atoms with Crippen LogP contribution < -0.4 is 10.6 Å². The van der Waals surface area contributed by atoms with Crippen LogP contribution in [0.1, 0.15) is 60.5 Å². The number of Topliss-reactive ketones (excluding diaryl/α,β-unsaturated/α-hetero) is 1. The summed E-state index contributed by atoms with van der Waals surface area (Å²) in [7, 11) is 0. The number of urea groups is 1. The average Bonchev–Trinajstić information content (AvgIpc) is 3.45. The lowest BCUT2D eigenvalue weighted by atomic mass is 9.90. The van der Waals surface area contributed by atoms with E-state index in [1.165, 1.54) is 6.92 Å². The quantitative estimate of drug-likeness (QED) is 0.262. The molecule has 2 amide bonds. The van der Waals surface area contributed by atoms with Crippen molar-refractivity contribution in [3.63, 3.8) is 0 Å². The maximum absolute atomic E-state index is 12.6. The molecule has 3 aromatic rings. The standard InChI is InChI=1S/C35H43N3O6/c1-23-32(21-38-17-16-30(41)20-38)43-34(44-33(23)28-12-10-27(22-39)11-13-28)29-14-8-26(9-15-29)19-36-35(42)37-31(24(2)40)18-25-6-4-3-5-7-25/h3-15,23,30-34,39,41H,16-22H2,1-2H3,(H2,36,37,42)/t23-,30+,31+,32+,33+,34?/m0/s1. The van der Waals surface area contributed by atoms with Crippen molar-refractivity contribution >= 4 is 11.8 Å². The topological polar surface area (TPSA) is 120 Å². The van der Waals surface area contributed by atoms with Crippen LogP contribution in [0.15, 0.2) is 78.9 Å². The van der Waals surface area contributed by atoms with E-state index in [0.29, 0.717) is 26.1 Å². The van der Waals surface area contributed by atoms with Gasteiger partial charge in [0.05, 0.1) is 31.0 Å². The molecule has 0 radical (unpaired) electrons. The third kappa shape index (κ3) is 8.31. The van der Waals surface area contributed by atoms with Crippen LogP contribution in [-0.2, 0) is 33.8 Å². The summed E-state index contributed by atoms with van der Waals surface area (Å²) in [5.41, 5.74) is 4.62. The maximum Gasteiger partial charge on any atom is 0.315 e. The van der Waals surface area contributed by atoms with Crippen LogP contribution >= 0.6 is 0 Å². The Bertz CT molecular complexity index is 1370. The fourth-order valence-electron chi connectivity index (χ4n) is 5.89. The Morgan fingerprint density at radius 1 is 0.932 bits per heavy atom. The summed E-state index contributed by atoms with van der Waals surface area (Å²) in [6.45, 7) is 6.08. The van der Waals surface area contributed by atoms with E-state index >= 15 is 0 Å². The van der Waals surface area contributed by atoms with Gasteiger partial charge >= 0.3 is 6.03 Å². The number of ether oxygens (including phenoxy) is 2. The molecule has 2 aliphatic rings. The molecule has 2 fully saturated rings. The molecule has 0 bridgehead atoms. The number of aliphatic hydroxyl groups is 2. The zero-order valence-corrected chi connectivity index (χ0v) is 25.4. The zero-order valence-electron chi connectivity index (χ0n) is 25.4. The zero-order chi connectivity index (χ0) is 31.1. The van der Waals surface area contributed by atoms with Gasteiger partial charge in [-0.2, -0.15) is 0 Å². The van der Waals surface area contributed by atoms with Crippen LogP contribution in [0.2, 0.25) is 0 Å². The number of carbonyl (C=O) groups is 2. The van der Waals surface area contributed by atoms with Crippen molar-refractivity contribution in [2.75, 3.05) is 19.6 Å². The minimum atomic E-state index is -0.604. The van der Waals surface area contributed by atoms with Gasteiger partial charge in [0.25, 0.3) is 0 Å². The molecule has 5 rings (SSSR count). The van der Waals surface area contributed by atoms with E-state index in [0.717, 1.165) is 40.8 Å². The number of nitrogens with zero attached hydrogens (tertiary/aromatic N) is 1. The summed E-state index contributed by atoms with van der Waals surface area (Å²) in [5, 5.41) is 25.2. The molecule has 6 atom stereocenters. The van der Waals surface area contributed by atoms with E-state index in [9.17, 15) is 19.8 Å². The molecule has 2 aliphatic heterocycles. The molecule has 9 nitrogen and oxygen atoms in total. The average molecular weight is 602 g/mol. The molecule has 44 heavy (non-hydrogen) atoms. The predicted octanol–water partition coefficient (Wildman–Crippen LogP) is 4.04. The van der Waals surface area contributed by atoms with E-state index < -0.39 is 18.4 Å². The number of hydrogen-bond donors (Lipinski definition) is 4. The van der Waals surface area contributed by atoms with E-state index in [4.69, 9.17) is 9.47 Å². The monoisotopic (exact) mass is 601 g/mol. The first-order valence-electron chi connectivity index (χ1n) is 15.4. The van der Waals surface area contributed by atoms with Crippen LogP contribution in [-0.4, -0.2) is 64.8 Å². The van der Waals surface area contributed by atoms with Crippen molar-refractivity contribution in [3.8, 4) is 0 Å². The molecule has 2 heterocycles. The van der Waals surface area contributed by atoms with Crippen LogP contribution in [0.5, 0.6) is 0 Å². The largest absolute Gasteiger partial charge is 0.392 e. The first-order valence-corrected chi connectivity index (χ1v) is 15.4. The maximum atomic E-state index is 12.6. The fraction of sp³-hybridized carbons (Fsp3) is 0.429. The number of aliphatic hydroxyl groups excluding tert-OH is 2. The lowest BCUT2D eigenvalue weighted by Crippen LogP contribution is -2.46. The van der Waals surface area contributed by atoms with Gasteiger partial charge in [0.2, 0.25) is 0 Å². The Morgan fingerprint density at radius 2 is 1.61 bits per heavy atom. The third-order valence-corrected chi connectivity index (χ3v) is 8.59. The van der Waals surface area contributed by atoms with E-state index in [-0.39, 0.29) is 36.6 Å². The van der Waals surface area contributed by atoms with Crippen molar-refractivity contribution in [2.24, 2.45) is 5.92 Å². The van der Waals surface area contributed by atoms with Crippen LogP contribution in [0.3, 0.4) is 0 Å². The molecule has 2 saturated heterocycles. The van der Waals surface area contributed by atoms with Gasteiger partial charge in [0, 0.05) is 37.7 Å². The van der Waals surface area contributed by atoms with Crippen LogP contribution in [0.4, 0.5) is 4.79 Å². The number of likely N-dealkylation sites (tertiary alicyclic amines) is 1. The molecular weight excluding hydrogens is 558 g/mol. The lowest BCUT2D eigenvalue weighted by Gasteiger charge is -2.42. The highest BCUT2D eigenvalue weighted by molar-refractivity contribution is 5.87. The smallest absolute Gasteiger partial charge is 0.315 e. The highest BCUT2D eigenvalue weighted by Crippen LogP contribution is 2.42. The Labute approximate surface area is 259 Å². The Hall–Kier alpha value is -3.60. The summed E-state index contributed by atoms with van der Waals surface area (Å²) < 4.78 is 13.1. The van der Waals surface area contributed by atoms with Gasteiger partial charge in [-0.1, -0.05) is 85.8 Å². The fourth-order valence-corrected chi connectivity index (χ4v) is 5.89.